The summed E-state index contributed by atoms with van der Waals surface area (Å²) in [5.41, 5.74) is 3.10. The van der Waals surface area contributed by atoms with Gasteiger partial charge in [0.05, 0.1) is 0 Å². The summed E-state index contributed by atoms with van der Waals surface area (Å²) in [5.74, 6) is 0.387. The molecule has 1 nitrogen and oxygen atoms in total. The molecule has 2 heteroatoms. The van der Waals surface area contributed by atoms with Crippen molar-refractivity contribution in [3.63, 3.8) is 0 Å². The summed E-state index contributed by atoms with van der Waals surface area (Å²) in [6, 6.07) is 4.35. The molecule has 0 spiro atoms. The van der Waals surface area contributed by atoms with Crippen molar-refractivity contribution in [2.24, 2.45) is 0 Å². The number of hydrogen-bond acceptors (Lipinski definition) is 1. The molecular weight excluding hydrogens is 225 g/mol. The lowest BCUT2D eigenvalue weighted by molar-refractivity contribution is 0.338. The predicted octanol–water partition coefficient (Wildman–Crippen LogP) is 4.08. The van der Waals surface area contributed by atoms with Crippen molar-refractivity contribution in [3.05, 3.63) is 34.6 Å². The summed E-state index contributed by atoms with van der Waals surface area (Å²) in [6.07, 6.45) is 4.64. The average Bonchev–Trinajstić information content (AvgIpc) is 2.28. The van der Waals surface area contributed by atoms with Crippen LogP contribution in [0.4, 0.5) is 4.39 Å². The highest BCUT2D eigenvalue weighted by Crippen LogP contribution is 2.36. The van der Waals surface area contributed by atoms with Crippen molar-refractivity contribution in [2.75, 3.05) is 6.54 Å². The largest absolute Gasteiger partial charge is 0.314 e. The van der Waals surface area contributed by atoms with Gasteiger partial charge in [0.2, 0.25) is 0 Å². The van der Waals surface area contributed by atoms with Crippen LogP contribution in [0, 0.1) is 19.7 Å². The number of rotatable bonds is 3. The quantitative estimate of drug-likeness (QED) is 0.851. The number of halogens is 1. The Morgan fingerprint density at radius 1 is 1.28 bits per heavy atom. The van der Waals surface area contributed by atoms with Gasteiger partial charge in [-0.15, -0.1) is 0 Å². The van der Waals surface area contributed by atoms with Crippen LogP contribution in [0.1, 0.15) is 55.2 Å². The van der Waals surface area contributed by atoms with Gasteiger partial charge in [-0.3, -0.25) is 0 Å². The summed E-state index contributed by atoms with van der Waals surface area (Å²) in [5, 5.41) is 3.51. The Hall–Kier alpha value is -0.890. The van der Waals surface area contributed by atoms with E-state index in [0.717, 1.165) is 36.1 Å². The Morgan fingerprint density at radius 2 is 2.06 bits per heavy atom. The van der Waals surface area contributed by atoms with Crippen LogP contribution in [0.25, 0.3) is 0 Å². The van der Waals surface area contributed by atoms with Crippen LogP contribution in [0.15, 0.2) is 12.1 Å². The maximum atomic E-state index is 14.2. The van der Waals surface area contributed by atoms with E-state index in [2.05, 4.69) is 18.3 Å². The number of hydrogen-bond donors (Lipinski definition) is 1. The predicted molar refractivity (Wildman–Crippen MR) is 74.5 cm³/mol. The smallest absolute Gasteiger partial charge is 0.127 e. The van der Waals surface area contributed by atoms with Gasteiger partial charge < -0.3 is 5.32 Å². The average molecular weight is 249 g/mol. The summed E-state index contributed by atoms with van der Waals surface area (Å²) in [4.78, 5) is 0. The number of aryl methyl sites for hydroxylation is 2. The van der Waals surface area contributed by atoms with Crippen LogP contribution in [0.2, 0.25) is 0 Å². The van der Waals surface area contributed by atoms with E-state index in [0.29, 0.717) is 12.0 Å². The molecular formula is C16H24FN. The molecule has 0 aliphatic heterocycles. The molecule has 1 fully saturated rings. The van der Waals surface area contributed by atoms with Gasteiger partial charge >= 0.3 is 0 Å². The molecule has 1 N–H and O–H groups in total. The zero-order valence-electron chi connectivity index (χ0n) is 11.7. The van der Waals surface area contributed by atoms with Crippen LogP contribution < -0.4 is 5.32 Å². The monoisotopic (exact) mass is 249 g/mol. The molecule has 0 radical (unpaired) electrons. The van der Waals surface area contributed by atoms with Gasteiger partial charge in [0.25, 0.3) is 0 Å². The molecule has 2 rings (SSSR count). The second-order valence-corrected chi connectivity index (χ2v) is 5.60. The van der Waals surface area contributed by atoms with Crippen LogP contribution in [0.5, 0.6) is 0 Å². The summed E-state index contributed by atoms with van der Waals surface area (Å²) in [7, 11) is 0. The summed E-state index contributed by atoms with van der Waals surface area (Å²) >= 11 is 0. The minimum Gasteiger partial charge on any atom is -0.314 e. The number of nitrogens with one attached hydrogen (secondary N) is 1. The van der Waals surface area contributed by atoms with Gasteiger partial charge in [0.15, 0.2) is 0 Å². The second-order valence-electron chi connectivity index (χ2n) is 5.60. The molecule has 0 bridgehead atoms. The molecule has 0 amide bonds. The molecule has 1 aliphatic rings. The molecule has 0 saturated heterocycles. The maximum Gasteiger partial charge on any atom is 0.127 e. The van der Waals surface area contributed by atoms with Gasteiger partial charge in [-0.05, 0) is 68.3 Å². The first-order valence-electron chi connectivity index (χ1n) is 7.11. The molecule has 1 saturated carbocycles. The Kier molecular flexibility index (Phi) is 4.39. The fourth-order valence-electron chi connectivity index (χ4n) is 3.37. The zero-order chi connectivity index (χ0) is 13.1. The Balaban J connectivity index is 2.20. The molecule has 0 heterocycles. The highest BCUT2D eigenvalue weighted by Gasteiger charge is 2.25. The van der Waals surface area contributed by atoms with Gasteiger partial charge in [-0.25, -0.2) is 4.39 Å². The molecule has 18 heavy (non-hydrogen) atoms. The summed E-state index contributed by atoms with van der Waals surface area (Å²) < 4.78 is 14.2. The van der Waals surface area contributed by atoms with Crippen LogP contribution >= 0.6 is 0 Å². The lowest BCUT2D eigenvalue weighted by Crippen LogP contribution is -2.33. The molecule has 2 atom stereocenters. The van der Waals surface area contributed by atoms with E-state index in [1.54, 1.807) is 6.07 Å². The van der Waals surface area contributed by atoms with E-state index in [4.69, 9.17) is 0 Å². The third-order valence-electron chi connectivity index (χ3n) is 4.06. The molecule has 0 aromatic heterocycles. The van der Waals surface area contributed by atoms with E-state index in [1.807, 2.05) is 13.8 Å². The molecule has 2 unspecified atom stereocenters. The first kappa shape index (κ1) is 13.5. The van der Waals surface area contributed by atoms with Crippen molar-refractivity contribution >= 4 is 0 Å². The first-order chi connectivity index (χ1) is 8.61. The van der Waals surface area contributed by atoms with Crippen molar-refractivity contribution < 1.29 is 4.39 Å². The Morgan fingerprint density at radius 3 is 2.72 bits per heavy atom. The minimum absolute atomic E-state index is 0.00496. The van der Waals surface area contributed by atoms with E-state index >= 15 is 0 Å². The van der Waals surface area contributed by atoms with Crippen LogP contribution in [-0.4, -0.2) is 12.6 Å². The number of benzene rings is 1. The van der Waals surface area contributed by atoms with Gasteiger partial charge in [-0.2, -0.15) is 0 Å². The van der Waals surface area contributed by atoms with E-state index < -0.39 is 0 Å². The first-order valence-corrected chi connectivity index (χ1v) is 7.11. The fraction of sp³-hybridized carbons (Fsp3) is 0.625. The molecule has 1 aromatic rings. The van der Waals surface area contributed by atoms with Gasteiger partial charge in [0.1, 0.15) is 5.82 Å². The van der Waals surface area contributed by atoms with Crippen molar-refractivity contribution in [3.8, 4) is 0 Å². The van der Waals surface area contributed by atoms with Gasteiger partial charge in [0, 0.05) is 6.04 Å². The molecule has 1 aromatic carbocycles. The van der Waals surface area contributed by atoms with Crippen molar-refractivity contribution in [1.82, 2.24) is 5.32 Å². The summed E-state index contributed by atoms with van der Waals surface area (Å²) in [6.45, 7) is 7.15. The SMILES string of the molecule is CCNC1CCCC(c2c(C)cc(C)cc2F)C1. The maximum absolute atomic E-state index is 14.2. The molecule has 100 valence electrons. The third kappa shape index (κ3) is 2.92. The normalized spacial score (nSPS) is 24.2. The highest BCUT2D eigenvalue weighted by molar-refractivity contribution is 5.35. The standard InChI is InChI=1S/C16H24FN/c1-4-18-14-7-5-6-13(10-14)16-12(3)8-11(2)9-15(16)17/h8-9,13-14,18H,4-7,10H2,1-3H3. The van der Waals surface area contributed by atoms with E-state index in [1.165, 1.54) is 12.8 Å². The minimum atomic E-state index is -0.00496. The van der Waals surface area contributed by atoms with Crippen LogP contribution in [0.3, 0.4) is 0 Å². The van der Waals surface area contributed by atoms with E-state index in [9.17, 15) is 4.39 Å². The van der Waals surface area contributed by atoms with Crippen molar-refractivity contribution in [2.45, 2.75) is 58.4 Å². The second kappa shape index (κ2) is 5.83. The Bertz CT molecular complexity index is 389. The lowest BCUT2D eigenvalue weighted by atomic mass is 9.79. The van der Waals surface area contributed by atoms with Crippen molar-refractivity contribution in [1.29, 1.82) is 0 Å². The highest BCUT2D eigenvalue weighted by atomic mass is 19.1. The third-order valence-corrected chi connectivity index (χ3v) is 4.06. The molecule has 1 aliphatic carbocycles. The zero-order valence-corrected chi connectivity index (χ0v) is 11.7. The van der Waals surface area contributed by atoms with Gasteiger partial charge in [-0.1, -0.05) is 19.4 Å². The topological polar surface area (TPSA) is 12.0 Å². The Labute approximate surface area is 110 Å². The van der Waals surface area contributed by atoms with Crippen LogP contribution in [-0.2, 0) is 0 Å². The lowest BCUT2D eigenvalue weighted by Gasteiger charge is -2.31. The van der Waals surface area contributed by atoms with E-state index in [-0.39, 0.29) is 5.82 Å². The fourth-order valence-corrected chi connectivity index (χ4v) is 3.37.